The molecule has 134 heavy (non-hydrogen) atoms. The number of ether oxygens (including phenoxy) is 4. The van der Waals surface area contributed by atoms with Crippen molar-refractivity contribution in [1.82, 2.24) is 27.8 Å². The van der Waals surface area contributed by atoms with Crippen LogP contribution in [0.15, 0.2) is 170 Å². The fraction of sp³-hybridized carbons (Fsp3) is 0.430. The maximum atomic E-state index is 12.2. The van der Waals surface area contributed by atoms with E-state index >= 15 is 0 Å². The number of hydrogen-bond acceptors (Lipinski definition) is 15. The molecule has 698 valence electrons. The van der Waals surface area contributed by atoms with Gasteiger partial charge in [0.1, 0.15) is 28.9 Å². The molecule has 7 aliphatic carbocycles. The third-order valence-corrected chi connectivity index (χ3v) is 29.0. The molecule has 2 saturated heterocycles. The molecular formula is C114H128N6O14. The highest BCUT2D eigenvalue weighted by Gasteiger charge is 2.31. The lowest BCUT2D eigenvalue weighted by Gasteiger charge is -2.27. The Labute approximate surface area is 785 Å². The summed E-state index contributed by atoms with van der Waals surface area (Å²) in [5.41, 5.74) is 33.9. The van der Waals surface area contributed by atoms with Gasteiger partial charge in [0.2, 0.25) is 0 Å². The number of ketones is 5. The highest BCUT2D eigenvalue weighted by molar-refractivity contribution is 5.89. The van der Waals surface area contributed by atoms with Gasteiger partial charge in [0, 0.05) is 203 Å². The summed E-state index contributed by atoms with van der Waals surface area (Å²) < 4.78 is 31.6. The first kappa shape index (κ1) is 95.4. The van der Waals surface area contributed by atoms with Crippen LogP contribution in [0.25, 0.3) is 55.6 Å². The second kappa shape index (κ2) is 42.8. The van der Waals surface area contributed by atoms with Gasteiger partial charge in [-0.15, -0.1) is 0 Å². The van der Waals surface area contributed by atoms with Gasteiger partial charge >= 0.3 is 0 Å². The SMILES string of the molecule is Cc1cc(-c2cc3c(cc2CC2CCOCC2)CCC(=O)C3)cn(C)c1=O.Cc1cc(-c2cc3c(cc2COC2CCC2)CCC(=O)C3)cn(C)c1=O.Cc1cc(-c2cc3c(cc2COC2CCCC2)CCC(=O)C3)cn(C)c1=O.Cc1cc(-c2ccc3c(c2CC2CCOCC2)CC(=O)CC3)cn(C)c1=O.Cc1cc(-c2ccc3c(c2Cc2ccccn2)CC(=O)CC3)cn(C)c1=O. The van der Waals surface area contributed by atoms with Crippen molar-refractivity contribution in [2.75, 3.05) is 26.4 Å². The monoisotopic (exact) mass is 1800 g/mol. The van der Waals surface area contributed by atoms with Gasteiger partial charge in [0.25, 0.3) is 27.8 Å². The Morgan fingerprint density at radius 3 is 1.01 bits per heavy atom. The van der Waals surface area contributed by atoms with Crippen molar-refractivity contribution in [1.29, 1.82) is 0 Å². The lowest BCUT2D eigenvalue weighted by Crippen LogP contribution is -2.22. The van der Waals surface area contributed by atoms with E-state index in [0.29, 0.717) is 142 Å². The molecule has 5 aromatic carbocycles. The van der Waals surface area contributed by atoms with Gasteiger partial charge in [0.15, 0.2) is 0 Å². The molecule has 0 bridgehead atoms. The highest BCUT2D eigenvalue weighted by Crippen LogP contribution is 2.41. The van der Waals surface area contributed by atoms with Gasteiger partial charge in [-0.3, -0.25) is 52.9 Å². The summed E-state index contributed by atoms with van der Waals surface area (Å²) in [6.07, 6.45) is 37.3. The summed E-state index contributed by atoms with van der Waals surface area (Å²) in [5, 5.41) is 0. The number of benzene rings is 5. The van der Waals surface area contributed by atoms with Crippen LogP contribution in [0, 0.1) is 46.5 Å². The first-order chi connectivity index (χ1) is 64.6. The lowest BCUT2D eigenvalue weighted by atomic mass is 9.79. The van der Waals surface area contributed by atoms with E-state index in [1.807, 2.05) is 114 Å². The number of nitrogens with zero attached hydrogens (tertiary/aromatic N) is 6. The van der Waals surface area contributed by atoms with E-state index in [9.17, 15) is 47.9 Å². The van der Waals surface area contributed by atoms with E-state index in [0.717, 1.165) is 234 Å². The molecule has 2 saturated carbocycles. The number of Topliss-reactive ketones (excluding diaryl/α,β-unsaturated/α-hetero) is 5. The smallest absolute Gasteiger partial charge is 0.253 e. The van der Waals surface area contributed by atoms with E-state index in [1.165, 1.54) is 74.9 Å². The predicted octanol–water partition coefficient (Wildman–Crippen LogP) is 17.5. The number of rotatable bonds is 17. The Morgan fingerprint density at radius 1 is 0.321 bits per heavy atom. The third kappa shape index (κ3) is 22.7. The lowest BCUT2D eigenvalue weighted by molar-refractivity contribution is -0.119. The minimum Gasteiger partial charge on any atom is -0.381 e. The second-order valence-electron chi connectivity index (χ2n) is 39.1. The maximum Gasteiger partial charge on any atom is 0.253 e. The van der Waals surface area contributed by atoms with E-state index in [4.69, 9.17) is 18.9 Å². The Kier molecular flexibility index (Phi) is 30.5. The van der Waals surface area contributed by atoms with Crippen LogP contribution in [-0.4, -0.2) is 95.4 Å². The van der Waals surface area contributed by atoms with Crippen molar-refractivity contribution in [2.45, 2.75) is 246 Å². The molecule has 20 rings (SSSR count). The summed E-state index contributed by atoms with van der Waals surface area (Å²) >= 11 is 0. The molecule has 0 atom stereocenters. The van der Waals surface area contributed by atoms with Crippen LogP contribution in [-0.2, 0) is 175 Å². The molecule has 9 aliphatic rings. The number of aromatic nitrogens is 6. The molecule has 4 fully saturated rings. The van der Waals surface area contributed by atoms with Crippen LogP contribution >= 0.6 is 0 Å². The van der Waals surface area contributed by atoms with E-state index in [2.05, 4.69) is 65.6 Å². The van der Waals surface area contributed by atoms with Gasteiger partial charge in [-0.2, -0.15) is 0 Å². The quantitative estimate of drug-likeness (QED) is 0.0822. The first-order valence-corrected chi connectivity index (χ1v) is 48.6. The molecule has 0 spiro atoms. The molecule has 2 aliphatic heterocycles. The summed E-state index contributed by atoms with van der Waals surface area (Å²) in [7, 11) is 8.96. The molecule has 6 aromatic heterocycles. The van der Waals surface area contributed by atoms with Crippen LogP contribution in [0.4, 0.5) is 0 Å². The summed E-state index contributed by atoms with van der Waals surface area (Å²) in [4.78, 5) is 125. The van der Waals surface area contributed by atoms with Crippen LogP contribution < -0.4 is 27.8 Å². The van der Waals surface area contributed by atoms with Gasteiger partial charge in [-0.1, -0.05) is 79.6 Å². The van der Waals surface area contributed by atoms with Crippen molar-refractivity contribution in [3.63, 3.8) is 0 Å². The number of pyridine rings is 6. The van der Waals surface area contributed by atoms with E-state index in [-0.39, 0.29) is 27.8 Å². The van der Waals surface area contributed by atoms with Crippen molar-refractivity contribution < 1.29 is 42.9 Å². The van der Waals surface area contributed by atoms with Crippen molar-refractivity contribution >= 4 is 28.9 Å². The number of carbonyl (C=O) groups is 5. The van der Waals surface area contributed by atoms with Crippen molar-refractivity contribution in [3.8, 4) is 55.6 Å². The van der Waals surface area contributed by atoms with Crippen LogP contribution in [0.1, 0.15) is 220 Å². The number of fused-ring (bicyclic) bond motifs is 5. The predicted molar refractivity (Wildman–Crippen MR) is 525 cm³/mol. The zero-order chi connectivity index (χ0) is 94.1. The second-order valence-corrected chi connectivity index (χ2v) is 39.1. The van der Waals surface area contributed by atoms with Gasteiger partial charge < -0.3 is 41.8 Å². The van der Waals surface area contributed by atoms with Crippen LogP contribution in [0.3, 0.4) is 0 Å². The highest BCUT2D eigenvalue weighted by atomic mass is 16.5. The minimum absolute atomic E-state index is 0.0122. The van der Waals surface area contributed by atoms with E-state index in [1.54, 1.807) is 64.3 Å². The van der Waals surface area contributed by atoms with Crippen molar-refractivity contribution in [2.24, 2.45) is 47.1 Å². The maximum absolute atomic E-state index is 12.2. The molecular weight excluding hydrogens is 1680 g/mol. The fourth-order valence-electron chi connectivity index (χ4n) is 21.2. The van der Waals surface area contributed by atoms with Crippen LogP contribution in [0.5, 0.6) is 0 Å². The summed E-state index contributed by atoms with van der Waals surface area (Å²) in [6.45, 7) is 13.8. The largest absolute Gasteiger partial charge is 0.381 e. The molecule has 0 radical (unpaired) electrons. The number of hydrogen-bond donors (Lipinski definition) is 0. The van der Waals surface area contributed by atoms with E-state index < -0.39 is 0 Å². The van der Waals surface area contributed by atoms with Gasteiger partial charge in [-0.05, 0) is 331 Å². The topological polar surface area (TPSA) is 245 Å². The number of aryl methyl sites for hydroxylation is 15. The van der Waals surface area contributed by atoms with Gasteiger partial charge in [0.05, 0.1) is 25.4 Å². The molecule has 0 N–H and O–H groups in total. The third-order valence-electron chi connectivity index (χ3n) is 29.0. The standard InChI is InChI=1S/C23H22N2O2.3C23H27NO3.C22H25NO3/c1-15-11-17(14-25(2)23(15)27)20-9-7-16-6-8-19(26)13-21(16)22(20)12-18-5-3-4-10-24-18;1-15-11-18(14-24(2)23(15)26)20-6-4-17-3-5-19(25)13-21(17)22(20)12-16-7-9-27-10-8-16;1-15-9-20(14-24(2)23(15)26)22-13-18-12-21(25)4-3-17(18)11-19(22)10-16-5-7-27-8-6-16;1-15-9-18(13-24(2)23(15)26)22-12-17-11-20(25)8-7-16(17)10-19(22)14-27-21-5-3-4-6-21;1-14-8-17(12-23(2)22(14)25)21-11-16-10-19(24)7-6-15(16)9-18(21)13-26-20-4-3-5-20/h3-5,7,9-11,14H,6,8,12-13H2,1-2H3;4,6,11,14,16H,3,5,7-10,12-13H2,1-2H3;9,11,13-14,16H,3-8,10,12H2,1-2H3;9-10,12-13,21H,3-8,11,14H2,1-2H3;8-9,11-12,20H,3-7,10,13H2,1-2H3. The average Bonchev–Trinajstić information content (AvgIpc) is 0.893. The number of carbonyl (C=O) groups excluding carboxylic acids is 5. The van der Waals surface area contributed by atoms with Crippen molar-refractivity contribution in [3.05, 3.63) is 315 Å². The normalized spacial score (nSPS) is 16.7. The first-order valence-electron chi connectivity index (χ1n) is 48.6. The zero-order valence-electron chi connectivity index (χ0n) is 79.8. The minimum atomic E-state index is 0.0122. The Bertz CT molecular complexity index is 6460. The molecule has 20 heteroatoms. The Morgan fingerprint density at radius 2 is 0.649 bits per heavy atom. The van der Waals surface area contributed by atoms with Gasteiger partial charge in [-0.25, -0.2) is 0 Å². The average molecular weight is 1810 g/mol. The molecule has 0 amide bonds. The molecule has 11 aromatic rings. The molecule has 20 nitrogen and oxygen atoms in total. The Hall–Kier alpha value is -11.8. The fourth-order valence-corrected chi connectivity index (χ4v) is 21.2. The van der Waals surface area contributed by atoms with Crippen LogP contribution in [0.2, 0.25) is 0 Å². The molecule has 8 heterocycles. The Balaban J connectivity index is 0.000000122. The summed E-state index contributed by atoms with van der Waals surface area (Å²) in [6, 6.07) is 37.7. The summed E-state index contributed by atoms with van der Waals surface area (Å²) in [5.74, 6) is 2.79. The molecule has 0 unspecified atom stereocenters. The zero-order valence-corrected chi connectivity index (χ0v) is 79.8.